The van der Waals surface area contributed by atoms with Crippen molar-refractivity contribution in [1.29, 1.82) is 0 Å². The van der Waals surface area contributed by atoms with E-state index < -0.39 is 5.97 Å². The summed E-state index contributed by atoms with van der Waals surface area (Å²) in [4.78, 5) is 48.6. The van der Waals surface area contributed by atoms with Gasteiger partial charge in [-0.15, -0.1) is 22.7 Å². The fourth-order valence-electron chi connectivity index (χ4n) is 4.55. The van der Waals surface area contributed by atoms with Crippen molar-refractivity contribution in [2.24, 2.45) is 0 Å². The fourth-order valence-corrected chi connectivity index (χ4v) is 6.14. The van der Waals surface area contributed by atoms with Gasteiger partial charge in [-0.25, -0.2) is 9.97 Å². The van der Waals surface area contributed by atoms with Crippen LogP contribution in [0.4, 0.5) is 11.5 Å². The zero-order valence-electron chi connectivity index (χ0n) is 21.0. The van der Waals surface area contributed by atoms with E-state index in [9.17, 15) is 19.5 Å². The number of anilines is 2. The van der Waals surface area contributed by atoms with Crippen LogP contribution < -0.4 is 15.5 Å². The molecule has 1 aromatic carbocycles. The first kappa shape index (κ1) is 26.5. The van der Waals surface area contributed by atoms with Crippen LogP contribution in [0, 0.1) is 0 Å². The summed E-state index contributed by atoms with van der Waals surface area (Å²) in [5.41, 5.74) is 2.98. The largest absolute Gasteiger partial charge is 0.481 e. The molecule has 1 atom stereocenters. The minimum Gasteiger partial charge on any atom is -0.481 e. The van der Waals surface area contributed by atoms with Crippen molar-refractivity contribution < 1.29 is 19.5 Å². The zero-order valence-corrected chi connectivity index (χ0v) is 22.6. The number of para-hydroxylation sites is 1. The highest BCUT2D eigenvalue weighted by Crippen LogP contribution is 2.37. The van der Waals surface area contributed by atoms with Crippen LogP contribution in [0.1, 0.15) is 56.7 Å². The molecule has 2 amide bonds. The highest BCUT2D eigenvalue weighted by molar-refractivity contribution is 7.10. The minimum absolute atomic E-state index is 0.0216. The number of amides is 2. The summed E-state index contributed by atoms with van der Waals surface area (Å²) in [6, 6.07) is 15.2. The number of carboxylic acid groups (broad SMARTS) is 1. The van der Waals surface area contributed by atoms with Gasteiger partial charge in [0.1, 0.15) is 16.5 Å². The molecule has 5 rings (SSSR count). The van der Waals surface area contributed by atoms with Gasteiger partial charge in [0.15, 0.2) is 0 Å². The Hall–Kier alpha value is -4.09. The number of aliphatic carboxylic acids is 1. The molecule has 0 aliphatic carbocycles. The van der Waals surface area contributed by atoms with E-state index in [1.54, 1.807) is 27.8 Å². The number of hydrogen-bond acceptors (Lipinski definition) is 8. The van der Waals surface area contributed by atoms with Gasteiger partial charge in [0.25, 0.3) is 5.91 Å². The second-order valence-electron chi connectivity index (χ2n) is 9.17. The van der Waals surface area contributed by atoms with Gasteiger partial charge < -0.3 is 20.6 Å². The number of carbonyl (C=O) groups is 3. The third kappa shape index (κ3) is 6.68. The first-order valence-corrected chi connectivity index (χ1v) is 14.3. The molecule has 200 valence electrons. The Balaban J connectivity index is 1.19. The van der Waals surface area contributed by atoms with Gasteiger partial charge in [-0.2, -0.15) is 0 Å². The Bertz CT molecular complexity index is 1470. The molecule has 1 unspecified atom stereocenters. The third-order valence-corrected chi connectivity index (χ3v) is 8.26. The number of aromatic nitrogens is 2. The molecule has 1 aliphatic heterocycles. The van der Waals surface area contributed by atoms with Gasteiger partial charge in [-0.05, 0) is 53.1 Å². The highest BCUT2D eigenvalue weighted by Gasteiger charge is 2.29. The Kier molecular flexibility index (Phi) is 8.28. The Morgan fingerprint density at radius 3 is 2.74 bits per heavy atom. The van der Waals surface area contributed by atoms with Crippen LogP contribution in [0.5, 0.6) is 0 Å². The molecule has 39 heavy (non-hydrogen) atoms. The normalized spacial score (nSPS) is 14.9. The van der Waals surface area contributed by atoms with E-state index in [0.29, 0.717) is 35.9 Å². The molecular weight excluding hydrogens is 534 g/mol. The molecular formula is C28H27N5O4S2. The summed E-state index contributed by atoms with van der Waals surface area (Å²) in [6.07, 6.45) is 2.45. The number of fused-ring (bicyclic) bond motifs is 1. The number of thiophene rings is 1. The lowest BCUT2D eigenvalue weighted by Crippen LogP contribution is -2.29. The van der Waals surface area contributed by atoms with Gasteiger partial charge in [0, 0.05) is 35.1 Å². The molecule has 11 heteroatoms. The number of nitrogens with zero attached hydrogens (tertiary/aromatic N) is 3. The predicted octanol–water partition coefficient (Wildman–Crippen LogP) is 5.03. The van der Waals surface area contributed by atoms with E-state index in [1.165, 1.54) is 11.3 Å². The molecule has 9 nitrogen and oxygen atoms in total. The van der Waals surface area contributed by atoms with Crippen molar-refractivity contribution >= 4 is 52.0 Å². The number of carboxylic acids is 1. The lowest BCUT2D eigenvalue weighted by Gasteiger charge is -2.23. The van der Waals surface area contributed by atoms with Crippen molar-refractivity contribution in [3.8, 4) is 0 Å². The molecule has 0 radical (unpaired) electrons. The highest BCUT2D eigenvalue weighted by atomic mass is 32.1. The van der Waals surface area contributed by atoms with Crippen LogP contribution in [-0.2, 0) is 29.2 Å². The molecule has 4 heterocycles. The van der Waals surface area contributed by atoms with Crippen molar-refractivity contribution in [1.82, 2.24) is 15.3 Å². The van der Waals surface area contributed by atoms with Gasteiger partial charge in [-0.1, -0.05) is 24.3 Å². The van der Waals surface area contributed by atoms with Gasteiger partial charge in [0.2, 0.25) is 5.91 Å². The Labute approximate surface area is 233 Å². The van der Waals surface area contributed by atoms with Crippen LogP contribution in [0.25, 0.3) is 0 Å². The summed E-state index contributed by atoms with van der Waals surface area (Å²) in [7, 11) is 0. The van der Waals surface area contributed by atoms with Crippen molar-refractivity contribution in [2.45, 2.75) is 44.8 Å². The Morgan fingerprint density at radius 1 is 1.08 bits per heavy atom. The van der Waals surface area contributed by atoms with E-state index in [0.717, 1.165) is 21.8 Å². The molecule has 1 aliphatic rings. The standard InChI is InChI=1S/C28H27N5O4S2/c34-26-9-8-19(12-27(35)36)21-5-1-2-6-23(21)33(26)15-25-32-22(17-39-25)28(37)31-14-20-11-18(16-38-20)13-30-24-7-3-4-10-29-24/h1-7,10-11,16-17,19H,8-9,12-15H2,(H,29,30)(H,31,37)(H,35,36). The second kappa shape index (κ2) is 12.2. The van der Waals surface area contributed by atoms with Gasteiger partial charge >= 0.3 is 5.97 Å². The number of rotatable bonds is 10. The van der Waals surface area contributed by atoms with Crippen molar-refractivity contribution in [3.63, 3.8) is 0 Å². The molecule has 0 fully saturated rings. The van der Waals surface area contributed by atoms with Crippen LogP contribution >= 0.6 is 22.7 Å². The summed E-state index contributed by atoms with van der Waals surface area (Å²) < 4.78 is 0. The number of carbonyl (C=O) groups excluding carboxylic acids is 2. The topological polar surface area (TPSA) is 125 Å². The maximum atomic E-state index is 13.0. The molecule has 0 saturated heterocycles. The van der Waals surface area contributed by atoms with Gasteiger partial charge in [0.05, 0.1) is 19.5 Å². The molecule has 3 N–H and O–H groups in total. The van der Waals surface area contributed by atoms with E-state index >= 15 is 0 Å². The molecule has 0 bridgehead atoms. The van der Waals surface area contributed by atoms with Crippen LogP contribution in [0.3, 0.4) is 0 Å². The molecule has 4 aromatic rings. The number of hydrogen-bond donors (Lipinski definition) is 3. The van der Waals surface area contributed by atoms with E-state index in [-0.39, 0.29) is 37.1 Å². The fraction of sp³-hybridized carbons (Fsp3) is 0.250. The average Bonchev–Trinajstić information content (AvgIpc) is 3.59. The first-order chi connectivity index (χ1) is 19.0. The van der Waals surface area contributed by atoms with E-state index in [4.69, 9.17) is 0 Å². The maximum Gasteiger partial charge on any atom is 0.303 e. The van der Waals surface area contributed by atoms with Crippen molar-refractivity contribution in [2.75, 3.05) is 10.2 Å². The number of benzene rings is 1. The summed E-state index contributed by atoms with van der Waals surface area (Å²) in [5, 5.41) is 19.9. The van der Waals surface area contributed by atoms with Crippen LogP contribution in [0.2, 0.25) is 0 Å². The summed E-state index contributed by atoms with van der Waals surface area (Å²) >= 11 is 2.90. The quantitative estimate of drug-likeness (QED) is 0.248. The number of thiazole rings is 1. The number of nitrogens with one attached hydrogen (secondary N) is 2. The van der Waals surface area contributed by atoms with E-state index in [2.05, 4.69) is 26.0 Å². The third-order valence-electron chi connectivity index (χ3n) is 6.44. The monoisotopic (exact) mass is 561 g/mol. The van der Waals surface area contributed by atoms with Crippen LogP contribution in [0.15, 0.2) is 65.5 Å². The molecule has 0 saturated carbocycles. The summed E-state index contributed by atoms with van der Waals surface area (Å²) in [6.45, 7) is 1.26. The smallest absolute Gasteiger partial charge is 0.303 e. The van der Waals surface area contributed by atoms with Gasteiger partial charge in [-0.3, -0.25) is 14.4 Å². The number of pyridine rings is 1. The van der Waals surface area contributed by atoms with E-state index in [1.807, 2.05) is 48.5 Å². The second-order valence-corrected chi connectivity index (χ2v) is 11.1. The average molecular weight is 562 g/mol. The molecule has 0 spiro atoms. The van der Waals surface area contributed by atoms with Crippen LogP contribution in [-0.4, -0.2) is 32.9 Å². The lowest BCUT2D eigenvalue weighted by atomic mass is 9.91. The lowest BCUT2D eigenvalue weighted by molar-refractivity contribution is -0.137. The first-order valence-electron chi connectivity index (χ1n) is 12.5. The predicted molar refractivity (Wildman–Crippen MR) is 151 cm³/mol. The molecule has 3 aromatic heterocycles. The van der Waals surface area contributed by atoms with Crippen molar-refractivity contribution in [3.05, 3.63) is 92.2 Å². The Morgan fingerprint density at radius 2 is 1.92 bits per heavy atom. The maximum absolute atomic E-state index is 13.0. The SMILES string of the molecule is O=C(O)CC1CCC(=O)N(Cc2nc(C(=O)NCc3cc(CNc4ccccn4)cs3)cs2)c2ccccc21. The minimum atomic E-state index is -0.883. The zero-order chi connectivity index (χ0) is 27.2. The summed E-state index contributed by atoms with van der Waals surface area (Å²) in [5.74, 6) is -0.658.